The van der Waals surface area contributed by atoms with Gasteiger partial charge in [0.1, 0.15) is 18.1 Å². The molecule has 0 saturated heterocycles. The number of nitrogens with one attached hydrogen (secondary N) is 2. The Bertz CT molecular complexity index is 907. The molecular weight excluding hydrogens is 388 g/mol. The molecule has 0 unspecified atom stereocenters. The Morgan fingerprint density at radius 2 is 2.04 bits per heavy atom. The molecule has 0 spiro atoms. The lowest BCUT2D eigenvalue weighted by molar-refractivity contribution is -0.0504. The van der Waals surface area contributed by atoms with Crippen molar-refractivity contribution in [3.63, 3.8) is 0 Å². The standard InChI is InChI=1S/C19H17F2N3O3S/c20-18(21)27-17-7-2-1-4-13(17)9-22-19(25)24-14-5-3-6-16(8-14)26-10-15-11-28-12-23-15/h1-8,11-12,18H,9-10H2,(H2,22,24,25). The van der Waals surface area contributed by atoms with Crippen molar-refractivity contribution in [2.75, 3.05) is 5.32 Å². The zero-order valence-electron chi connectivity index (χ0n) is 14.6. The average molecular weight is 405 g/mol. The molecule has 0 saturated carbocycles. The summed E-state index contributed by atoms with van der Waals surface area (Å²) < 4.78 is 35.0. The molecule has 3 aromatic rings. The molecule has 0 radical (unpaired) electrons. The van der Waals surface area contributed by atoms with Crippen LogP contribution in [-0.4, -0.2) is 17.6 Å². The van der Waals surface area contributed by atoms with Crippen molar-refractivity contribution in [3.8, 4) is 11.5 Å². The van der Waals surface area contributed by atoms with E-state index in [0.717, 1.165) is 5.69 Å². The second kappa shape index (κ2) is 9.65. The monoisotopic (exact) mass is 405 g/mol. The van der Waals surface area contributed by atoms with Crippen LogP contribution in [0.5, 0.6) is 11.5 Å². The Hall–Kier alpha value is -3.20. The van der Waals surface area contributed by atoms with Crippen LogP contribution < -0.4 is 20.1 Å². The van der Waals surface area contributed by atoms with E-state index in [0.29, 0.717) is 23.6 Å². The zero-order chi connectivity index (χ0) is 19.8. The van der Waals surface area contributed by atoms with Crippen LogP contribution in [0.4, 0.5) is 19.3 Å². The van der Waals surface area contributed by atoms with Gasteiger partial charge >= 0.3 is 12.6 Å². The van der Waals surface area contributed by atoms with E-state index in [1.807, 2.05) is 5.38 Å². The summed E-state index contributed by atoms with van der Waals surface area (Å²) in [7, 11) is 0. The van der Waals surface area contributed by atoms with Gasteiger partial charge in [0, 0.05) is 29.2 Å². The molecule has 2 aromatic carbocycles. The van der Waals surface area contributed by atoms with Gasteiger partial charge in [-0.3, -0.25) is 0 Å². The minimum Gasteiger partial charge on any atom is -0.487 e. The second-order valence-electron chi connectivity index (χ2n) is 5.59. The smallest absolute Gasteiger partial charge is 0.387 e. The molecule has 1 heterocycles. The molecular formula is C19H17F2N3O3S. The number of nitrogens with zero attached hydrogens (tertiary/aromatic N) is 1. The molecule has 28 heavy (non-hydrogen) atoms. The van der Waals surface area contributed by atoms with Gasteiger partial charge in [-0.2, -0.15) is 8.78 Å². The van der Waals surface area contributed by atoms with Crippen LogP contribution in [0.2, 0.25) is 0 Å². The van der Waals surface area contributed by atoms with Crippen LogP contribution in [0.15, 0.2) is 59.4 Å². The summed E-state index contributed by atoms with van der Waals surface area (Å²) >= 11 is 1.49. The van der Waals surface area contributed by atoms with Crippen LogP contribution in [-0.2, 0) is 13.2 Å². The summed E-state index contributed by atoms with van der Waals surface area (Å²) in [5.74, 6) is 0.608. The summed E-state index contributed by atoms with van der Waals surface area (Å²) in [6.07, 6.45) is 0. The fraction of sp³-hybridized carbons (Fsp3) is 0.158. The van der Waals surface area contributed by atoms with Gasteiger partial charge in [-0.05, 0) is 18.2 Å². The lowest BCUT2D eigenvalue weighted by atomic mass is 10.2. The third-order valence-electron chi connectivity index (χ3n) is 3.59. The van der Waals surface area contributed by atoms with Crippen LogP contribution in [0.3, 0.4) is 0 Å². The number of thiazole rings is 1. The number of hydrogen-bond acceptors (Lipinski definition) is 5. The average Bonchev–Trinajstić information content (AvgIpc) is 3.19. The summed E-state index contributed by atoms with van der Waals surface area (Å²) in [5, 5.41) is 7.18. The van der Waals surface area contributed by atoms with E-state index in [-0.39, 0.29) is 12.3 Å². The molecule has 0 fully saturated rings. The lowest BCUT2D eigenvalue weighted by Crippen LogP contribution is -2.28. The number of anilines is 1. The number of alkyl halides is 2. The number of carbonyl (C=O) groups is 1. The van der Waals surface area contributed by atoms with Crippen molar-refractivity contribution in [3.05, 3.63) is 70.7 Å². The molecule has 1 aromatic heterocycles. The molecule has 0 bridgehead atoms. The first-order valence-electron chi connectivity index (χ1n) is 8.27. The van der Waals surface area contributed by atoms with Crippen LogP contribution >= 0.6 is 11.3 Å². The quantitative estimate of drug-likeness (QED) is 0.572. The van der Waals surface area contributed by atoms with E-state index in [2.05, 4.69) is 20.4 Å². The Balaban J connectivity index is 1.53. The largest absolute Gasteiger partial charge is 0.487 e. The van der Waals surface area contributed by atoms with E-state index < -0.39 is 12.6 Å². The number of ether oxygens (including phenoxy) is 2. The third kappa shape index (κ3) is 5.92. The number of rotatable bonds is 8. The molecule has 0 aliphatic carbocycles. The van der Waals surface area contributed by atoms with Gasteiger partial charge in [-0.15, -0.1) is 11.3 Å². The number of halogens is 2. The summed E-state index contributed by atoms with van der Waals surface area (Å²) in [6.45, 7) is -2.56. The SMILES string of the molecule is O=C(NCc1ccccc1OC(F)F)Nc1cccc(OCc2cscn2)c1. The molecule has 0 aliphatic rings. The molecule has 0 atom stereocenters. The van der Waals surface area contributed by atoms with Crippen LogP contribution in [0.25, 0.3) is 0 Å². The molecule has 6 nitrogen and oxygen atoms in total. The number of aromatic nitrogens is 1. The molecule has 9 heteroatoms. The highest BCUT2D eigenvalue weighted by molar-refractivity contribution is 7.07. The maximum Gasteiger partial charge on any atom is 0.387 e. The van der Waals surface area contributed by atoms with Crippen molar-refractivity contribution < 1.29 is 23.0 Å². The third-order valence-corrected chi connectivity index (χ3v) is 4.23. The van der Waals surface area contributed by atoms with Crippen molar-refractivity contribution in [1.82, 2.24) is 10.3 Å². The topological polar surface area (TPSA) is 72.5 Å². The summed E-state index contributed by atoms with van der Waals surface area (Å²) in [6, 6.07) is 12.7. The molecule has 3 rings (SSSR count). The number of para-hydroxylation sites is 1. The first-order valence-corrected chi connectivity index (χ1v) is 9.22. The van der Waals surface area contributed by atoms with E-state index in [9.17, 15) is 13.6 Å². The predicted molar refractivity (Wildman–Crippen MR) is 102 cm³/mol. The summed E-state index contributed by atoms with van der Waals surface area (Å²) in [4.78, 5) is 16.3. The highest BCUT2D eigenvalue weighted by Gasteiger charge is 2.10. The van der Waals surface area contributed by atoms with Gasteiger partial charge in [0.2, 0.25) is 0 Å². The Morgan fingerprint density at radius 3 is 2.82 bits per heavy atom. The second-order valence-corrected chi connectivity index (χ2v) is 6.31. The van der Waals surface area contributed by atoms with Gasteiger partial charge in [-0.25, -0.2) is 9.78 Å². The van der Waals surface area contributed by atoms with E-state index in [1.54, 1.807) is 48.0 Å². The van der Waals surface area contributed by atoms with Crippen LogP contribution in [0, 0.1) is 0 Å². The molecule has 2 amide bonds. The fourth-order valence-corrected chi connectivity index (χ4v) is 2.88. The highest BCUT2D eigenvalue weighted by Crippen LogP contribution is 2.21. The van der Waals surface area contributed by atoms with Gasteiger partial charge in [0.05, 0.1) is 11.2 Å². The molecule has 2 N–H and O–H groups in total. The zero-order valence-corrected chi connectivity index (χ0v) is 15.4. The van der Waals surface area contributed by atoms with E-state index in [4.69, 9.17) is 4.74 Å². The van der Waals surface area contributed by atoms with Crippen molar-refractivity contribution in [2.45, 2.75) is 19.8 Å². The van der Waals surface area contributed by atoms with Crippen LogP contribution in [0.1, 0.15) is 11.3 Å². The number of carbonyl (C=O) groups excluding carboxylic acids is 1. The first-order chi connectivity index (χ1) is 13.6. The lowest BCUT2D eigenvalue weighted by Gasteiger charge is -2.12. The number of amides is 2. The number of hydrogen-bond donors (Lipinski definition) is 2. The fourth-order valence-electron chi connectivity index (χ4n) is 2.34. The number of benzene rings is 2. The highest BCUT2D eigenvalue weighted by atomic mass is 32.1. The predicted octanol–water partition coefficient (Wildman–Crippen LogP) is 4.65. The summed E-state index contributed by atoms with van der Waals surface area (Å²) in [5.41, 5.74) is 3.53. The maximum absolute atomic E-state index is 12.4. The van der Waals surface area contributed by atoms with Gasteiger partial charge in [0.25, 0.3) is 0 Å². The Morgan fingerprint density at radius 1 is 1.18 bits per heavy atom. The molecule has 0 aliphatic heterocycles. The van der Waals surface area contributed by atoms with E-state index in [1.165, 1.54) is 17.4 Å². The van der Waals surface area contributed by atoms with E-state index >= 15 is 0 Å². The minimum atomic E-state index is -2.93. The van der Waals surface area contributed by atoms with Gasteiger partial charge in [0.15, 0.2) is 0 Å². The first kappa shape index (κ1) is 19.6. The van der Waals surface area contributed by atoms with Gasteiger partial charge in [-0.1, -0.05) is 24.3 Å². The molecule has 146 valence electrons. The van der Waals surface area contributed by atoms with Crippen molar-refractivity contribution in [2.24, 2.45) is 0 Å². The van der Waals surface area contributed by atoms with Crippen molar-refractivity contribution >= 4 is 23.1 Å². The van der Waals surface area contributed by atoms with Crippen molar-refractivity contribution in [1.29, 1.82) is 0 Å². The normalized spacial score (nSPS) is 10.5. The maximum atomic E-state index is 12.4. The Kier molecular flexibility index (Phi) is 6.74. The number of urea groups is 1. The Labute approximate surface area is 164 Å². The van der Waals surface area contributed by atoms with Gasteiger partial charge < -0.3 is 20.1 Å². The minimum absolute atomic E-state index is 0.0234.